The lowest BCUT2D eigenvalue weighted by molar-refractivity contribution is -0.161. The molecular weight excluding hydrogens is 641 g/mol. The topological polar surface area (TPSA) is 134 Å². The minimum absolute atomic E-state index is 0.0397. The number of unbranched alkanes of at least 4 members (excludes halogenated alkanes) is 5. The van der Waals surface area contributed by atoms with Crippen LogP contribution in [0.4, 0.5) is 0 Å². The predicted molar refractivity (Wildman–Crippen MR) is 201 cm³/mol. The van der Waals surface area contributed by atoms with Gasteiger partial charge in [-0.3, -0.25) is 18.6 Å². The standard InChI is InChI=1S/C39H64NO8P/c1-3-5-7-9-10-11-12-13-14-15-16-17-18-19-20-21-22-23-24-25-26-28-30-32-39(42)48-37(36-47-49(43,44)46-34-33-40)35-45-38(41)31-29-27-8-6-4-2/h5,7,10-11,13-14,16-17,19-20,22-23,25-26,37H,3-4,6,8-9,12,15,18,21,24,27-36,40H2,1-2H3,(H,43,44)/b7-5-,11-10-,14-13-,17-16-,20-19-,23-22-,26-25-. The highest BCUT2D eigenvalue weighted by Gasteiger charge is 2.25. The zero-order valence-corrected chi connectivity index (χ0v) is 31.0. The van der Waals surface area contributed by atoms with E-state index in [9.17, 15) is 19.0 Å². The average molecular weight is 706 g/mol. The van der Waals surface area contributed by atoms with Crippen LogP contribution >= 0.6 is 7.82 Å². The SMILES string of the molecule is CC/C=C\C/C=C\C/C=C\C/C=C\C/C=C\C/C=C\C/C=C\CCCC(=O)OC(COC(=O)CCCCCCC)COP(=O)(O)OCCN. The van der Waals surface area contributed by atoms with Gasteiger partial charge in [0.25, 0.3) is 0 Å². The molecule has 0 bridgehead atoms. The van der Waals surface area contributed by atoms with E-state index in [1.54, 1.807) is 0 Å². The fourth-order valence-corrected chi connectivity index (χ4v) is 4.91. The van der Waals surface area contributed by atoms with E-state index < -0.39 is 32.5 Å². The summed E-state index contributed by atoms with van der Waals surface area (Å²) in [5, 5.41) is 0. The Morgan fingerprint density at radius 2 is 1.12 bits per heavy atom. The summed E-state index contributed by atoms with van der Waals surface area (Å²) >= 11 is 0. The van der Waals surface area contributed by atoms with Crippen molar-refractivity contribution in [1.29, 1.82) is 0 Å². The van der Waals surface area contributed by atoms with Crippen LogP contribution in [0.3, 0.4) is 0 Å². The smallest absolute Gasteiger partial charge is 0.462 e. The Balaban J connectivity index is 4.26. The van der Waals surface area contributed by atoms with E-state index in [-0.39, 0.29) is 32.6 Å². The summed E-state index contributed by atoms with van der Waals surface area (Å²) in [4.78, 5) is 34.3. The largest absolute Gasteiger partial charge is 0.472 e. The highest BCUT2D eigenvalue weighted by atomic mass is 31.2. The van der Waals surface area contributed by atoms with E-state index in [0.29, 0.717) is 19.3 Å². The van der Waals surface area contributed by atoms with E-state index in [4.69, 9.17) is 24.3 Å². The third-order valence-electron chi connectivity index (χ3n) is 6.80. The zero-order valence-electron chi connectivity index (χ0n) is 30.1. The molecule has 9 nitrogen and oxygen atoms in total. The number of rotatable bonds is 32. The highest BCUT2D eigenvalue weighted by molar-refractivity contribution is 7.47. The van der Waals surface area contributed by atoms with Gasteiger partial charge < -0.3 is 20.1 Å². The highest BCUT2D eigenvalue weighted by Crippen LogP contribution is 2.43. The second kappa shape index (κ2) is 35.0. The minimum Gasteiger partial charge on any atom is -0.462 e. The van der Waals surface area contributed by atoms with E-state index in [1.165, 1.54) is 0 Å². The molecule has 0 rings (SSSR count). The van der Waals surface area contributed by atoms with Crippen LogP contribution in [-0.2, 0) is 32.7 Å². The van der Waals surface area contributed by atoms with Gasteiger partial charge in [0.05, 0.1) is 13.2 Å². The van der Waals surface area contributed by atoms with E-state index in [1.807, 2.05) is 6.08 Å². The quantitative estimate of drug-likeness (QED) is 0.0304. The Hall–Kier alpha value is -2.81. The van der Waals surface area contributed by atoms with Crippen molar-refractivity contribution in [2.75, 3.05) is 26.4 Å². The van der Waals surface area contributed by atoms with Crippen molar-refractivity contribution in [3.8, 4) is 0 Å². The maximum absolute atomic E-state index is 12.4. The molecule has 0 spiro atoms. The first-order chi connectivity index (χ1) is 23.8. The van der Waals surface area contributed by atoms with Gasteiger partial charge >= 0.3 is 19.8 Å². The van der Waals surface area contributed by atoms with Crippen LogP contribution in [0.5, 0.6) is 0 Å². The number of phosphoric acid groups is 1. The van der Waals surface area contributed by atoms with Gasteiger partial charge in [-0.15, -0.1) is 0 Å². The van der Waals surface area contributed by atoms with Crippen LogP contribution in [0.15, 0.2) is 85.1 Å². The first-order valence-corrected chi connectivity index (χ1v) is 19.6. The fourth-order valence-electron chi connectivity index (χ4n) is 4.15. The molecule has 49 heavy (non-hydrogen) atoms. The number of esters is 2. The van der Waals surface area contributed by atoms with Crippen molar-refractivity contribution >= 4 is 19.8 Å². The molecule has 0 aromatic rings. The molecule has 3 N–H and O–H groups in total. The number of phosphoric ester groups is 1. The molecule has 278 valence electrons. The van der Waals surface area contributed by atoms with Crippen molar-refractivity contribution < 1.29 is 37.6 Å². The molecule has 0 aliphatic carbocycles. The minimum atomic E-state index is -4.38. The molecule has 0 radical (unpaired) electrons. The average Bonchev–Trinajstić information content (AvgIpc) is 3.08. The molecule has 0 aromatic carbocycles. The summed E-state index contributed by atoms with van der Waals surface area (Å²) < 4.78 is 32.3. The van der Waals surface area contributed by atoms with Gasteiger partial charge in [0.2, 0.25) is 0 Å². The third kappa shape index (κ3) is 34.8. The second-order valence-corrected chi connectivity index (χ2v) is 12.8. The number of ether oxygens (including phenoxy) is 2. The number of nitrogens with two attached hydrogens (primary N) is 1. The van der Waals surface area contributed by atoms with Gasteiger partial charge in [-0.25, -0.2) is 4.57 Å². The number of allylic oxidation sites excluding steroid dienone is 14. The Labute approximate surface area is 296 Å². The van der Waals surface area contributed by atoms with Gasteiger partial charge in [-0.2, -0.15) is 0 Å². The Kier molecular flexibility index (Phi) is 33.0. The van der Waals surface area contributed by atoms with Crippen LogP contribution < -0.4 is 5.73 Å². The Morgan fingerprint density at radius 3 is 1.63 bits per heavy atom. The van der Waals surface area contributed by atoms with Crippen LogP contribution in [0, 0.1) is 0 Å². The molecule has 0 fully saturated rings. The molecule has 2 atom stereocenters. The molecular formula is C39H64NO8P. The Bertz CT molecular complexity index is 1080. The number of carbonyl (C=O) groups excluding carboxylic acids is 2. The summed E-state index contributed by atoms with van der Waals surface area (Å²) in [5.41, 5.74) is 5.30. The maximum atomic E-state index is 12.4. The molecule has 10 heteroatoms. The lowest BCUT2D eigenvalue weighted by Gasteiger charge is -2.19. The van der Waals surface area contributed by atoms with Gasteiger partial charge in [-0.1, -0.05) is 125 Å². The Morgan fingerprint density at radius 1 is 0.633 bits per heavy atom. The molecule has 0 aromatic heterocycles. The first kappa shape index (κ1) is 46.2. The molecule has 0 amide bonds. The maximum Gasteiger partial charge on any atom is 0.472 e. The van der Waals surface area contributed by atoms with Crippen molar-refractivity contribution in [1.82, 2.24) is 0 Å². The predicted octanol–water partition coefficient (Wildman–Crippen LogP) is 9.71. The number of hydrogen-bond acceptors (Lipinski definition) is 8. The van der Waals surface area contributed by atoms with Crippen LogP contribution in [0.2, 0.25) is 0 Å². The normalized spacial score (nSPS) is 14.4. The molecule has 0 saturated carbocycles. The molecule has 2 unspecified atom stereocenters. The van der Waals surface area contributed by atoms with Crippen molar-refractivity contribution in [2.45, 2.75) is 123 Å². The summed E-state index contributed by atoms with van der Waals surface area (Å²) in [5.74, 6) is -0.925. The molecule has 0 saturated heterocycles. The zero-order chi connectivity index (χ0) is 36.1. The van der Waals surface area contributed by atoms with E-state index in [0.717, 1.165) is 70.6 Å². The van der Waals surface area contributed by atoms with Gasteiger partial charge in [0, 0.05) is 19.4 Å². The van der Waals surface area contributed by atoms with Crippen molar-refractivity contribution in [2.24, 2.45) is 5.73 Å². The lowest BCUT2D eigenvalue weighted by Crippen LogP contribution is -2.29. The van der Waals surface area contributed by atoms with Crippen molar-refractivity contribution in [3.05, 3.63) is 85.1 Å². The summed E-state index contributed by atoms with van der Waals surface area (Å²) in [6.07, 6.45) is 42.4. The third-order valence-corrected chi connectivity index (χ3v) is 7.78. The first-order valence-electron chi connectivity index (χ1n) is 18.1. The van der Waals surface area contributed by atoms with Gasteiger partial charge in [0.1, 0.15) is 6.61 Å². The van der Waals surface area contributed by atoms with Gasteiger partial charge in [0.15, 0.2) is 6.10 Å². The molecule has 0 aliphatic rings. The van der Waals surface area contributed by atoms with Gasteiger partial charge in [-0.05, 0) is 64.2 Å². The number of hydrogen-bond donors (Lipinski definition) is 2. The lowest BCUT2D eigenvalue weighted by atomic mass is 10.1. The van der Waals surface area contributed by atoms with E-state index >= 15 is 0 Å². The summed E-state index contributed by atoms with van der Waals surface area (Å²) in [7, 11) is -4.38. The van der Waals surface area contributed by atoms with Crippen molar-refractivity contribution in [3.63, 3.8) is 0 Å². The van der Waals surface area contributed by atoms with Crippen LogP contribution in [0.1, 0.15) is 117 Å². The van der Waals surface area contributed by atoms with Crippen LogP contribution in [-0.4, -0.2) is 49.3 Å². The summed E-state index contributed by atoms with van der Waals surface area (Å²) in [6, 6.07) is 0. The van der Waals surface area contributed by atoms with E-state index in [2.05, 4.69) is 92.8 Å². The molecule has 0 aliphatic heterocycles. The monoisotopic (exact) mass is 705 g/mol. The molecule has 0 heterocycles. The van der Waals surface area contributed by atoms with Crippen LogP contribution in [0.25, 0.3) is 0 Å². The summed E-state index contributed by atoms with van der Waals surface area (Å²) in [6.45, 7) is 3.40. The number of carbonyl (C=O) groups is 2. The fraction of sp³-hybridized carbons (Fsp3) is 0.590. The second-order valence-electron chi connectivity index (χ2n) is 11.4.